The monoisotopic (exact) mass is 268 g/mol. The minimum atomic E-state index is 0.276. The van der Waals surface area contributed by atoms with Crippen LogP contribution < -0.4 is 0 Å². The molecule has 1 aromatic rings. The van der Waals surface area contributed by atoms with Crippen molar-refractivity contribution in [3.05, 3.63) is 23.8 Å². The molecule has 2 N–H and O–H groups in total. The molecule has 0 saturated carbocycles. The number of aromatic hydroxyl groups is 1. The van der Waals surface area contributed by atoms with E-state index in [0.717, 1.165) is 37.0 Å². The van der Waals surface area contributed by atoms with Crippen LogP contribution in [-0.4, -0.2) is 22.6 Å². The predicted molar refractivity (Wildman–Crippen MR) is 78.4 cm³/mol. The van der Waals surface area contributed by atoms with Crippen molar-refractivity contribution in [2.24, 2.45) is 0 Å². The van der Waals surface area contributed by atoms with Crippen molar-refractivity contribution >= 4 is 11.8 Å². The number of unbranched alkanes of at least 4 members (excludes halogenated alkanes) is 3. The Balaban J connectivity index is 2.46. The van der Waals surface area contributed by atoms with Gasteiger partial charge in [0.2, 0.25) is 0 Å². The van der Waals surface area contributed by atoms with Crippen LogP contribution in [0.3, 0.4) is 0 Å². The highest BCUT2D eigenvalue weighted by Gasteiger charge is 2.03. The van der Waals surface area contributed by atoms with E-state index in [1.54, 1.807) is 17.8 Å². The van der Waals surface area contributed by atoms with Gasteiger partial charge in [-0.2, -0.15) is 0 Å². The maximum atomic E-state index is 9.80. The topological polar surface area (TPSA) is 40.5 Å². The fraction of sp³-hybridized carbons (Fsp3) is 0.600. The van der Waals surface area contributed by atoms with Gasteiger partial charge in [-0.25, -0.2) is 0 Å². The van der Waals surface area contributed by atoms with Crippen LogP contribution in [0.25, 0.3) is 0 Å². The summed E-state index contributed by atoms with van der Waals surface area (Å²) in [6.45, 7) is 2.46. The third-order valence-electron chi connectivity index (χ3n) is 2.92. The van der Waals surface area contributed by atoms with E-state index >= 15 is 0 Å². The van der Waals surface area contributed by atoms with Crippen LogP contribution in [0.15, 0.2) is 23.1 Å². The van der Waals surface area contributed by atoms with Crippen LogP contribution in [0.4, 0.5) is 0 Å². The van der Waals surface area contributed by atoms with E-state index in [1.807, 2.05) is 6.07 Å². The molecule has 0 heterocycles. The van der Waals surface area contributed by atoms with Crippen LogP contribution in [-0.2, 0) is 6.42 Å². The number of hydrogen-bond donors (Lipinski definition) is 2. The highest BCUT2D eigenvalue weighted by molar-refractivity contribution is 7.99. The minimum absolute atomic E-state index is 0.276. The van der Waals surface area contributed by atoms with Gasteiger partial charge in [-0.3, -0.25) is 0 Å². The molecule has 0 amide bonds. The molecule has 0 aliphatic heterocycles. The van der Waals surface area contributed by atoms with Crippen LogP contribution in [0.5, 0.6) is 5.75 Å². The molecular formula is C15H24O2S. The van der Waals surface area contributed by atoms with Gasteiger partial charge in [0, 0.05) is 11.5 Å². The van der Waals surface area contributed by atoms with Gasteiger partial charge in [0.25, 0.3) is 0 Å². The third kappa shape index (κ3) is 5.78. The van der Waals surface area contributed by atoms with Gasteiger partial charge in [0.15, 0.2) is 0 Å². The first-order chi connectivity index (χ1) is 8.77. The number of phenols is 1. The molecule has 0 radical (unpaired) electrons. The summed E-state index contributed by atoms with van der Waals surface area (Å²) in [7, 11) is 0. The molecule has 0 aliphatic carbocycles. The van der Waals surface area contributed by atoms with E-state index in [9.17, 15) is 5.11 Å². The molecule has 0 bridgehead atoms. The summed E-state index contributed by atoms with van der Waals surface area (Å²) in [5.41, 5.74) is 1.07. The van der Waals surface area contributed by atoms with E-state index in [1.165, 1.54) is 17.7 Å². The van der Waals surface area contributed by atoms with E-state index < -0.39 is 0 Å². The van der Waals surface area contributed by atoms with Crippen molar-refractivity contribution in [1.82, 2.24) is 0 Å². The largest absolute Gasteiger partial charge is 0.508 e. The SMILES string of the molecule is CCCCCc1cc(SCCCCO)ccc1O. The zero-order chi connectivity index (χ0) is 13.2. The van der Waals surface area contributed by atoms with Gasteiger partial charge in [-0.05, 0) is 55.2 Å². The summed E-state index contributed by atoms with van der Waals surface area (Å²) < 4.78 is 0. The average molecular weight is 268 g/mol. The first-order valence-electron chi connectivity index (χ1n) is 6.83. The molecule has 1 rings (SSSR count). The molecule has 2 nitrogen and oxygen atoms in total. The third-order valence-corrected chi connectivity index (χ3v) is 4.00. The lowest BCUT2D eigenvalue weighted by Crippen LogP contribution is -1.89. The second-order valence-corrected chi connectivity index (χ2v) is 5.70. The van der Waals surface area contributed by atoms with Crippen molar-refractivity contribution < 1.29 is 10.2 Å². The van der Waals surface area contributed by atoms with Crippen LogP contribution in [0, 0.1) is 0 Å². The number of aliphatic hydroxyl groups is 1. The lowest BCUT2D eigenvalue weighted by atomic mass is 10.1. The zero-order valence-corrected chi connectivity index (χ0v) is 12.0. The summed E-state index contributed by atoms with van der Waals surface area (Å²) in [5.74, 6) is 1.45. The van der Waals surface area contributed by atoms with Gasteiger partial charge < -0.3 is 10.2 Å². The summed E-state index contributed by atoms with van der Waals surface area (Å²) >= 11 is 1.80. The smallest absolute Gasteiger partial charge is 0.118 e. The molecular weight excluding hydrogens is 244 g/mol. The molecule has 0 aromatic heterocycles. The number of hydrogen-bond acceptors (Lipinski definition) is 3. The fourth-order valence-electron chi connectivity index (χ4n) is 1.82. The summed E-state index contributed by atoms with van der Waals surface area (Å²) in [6.07, 6.45) is 6.43. The Hall–Kier alpha value is -0.670. The molecule has 0 atom stereocenters. The van der Waals surface area contributed by atoms with Crippen LogP contribution >= 0.6 is 11.8 Å². The van der Waals surface area contributed by atoms with Gasteiger partial charge in [-0.1, -0.05) is 19.8 Å². The Morgan fingerprint density at radius 1 is 1.11 bits per heavy atom. The molecule has 0 saturated heterocycles. The first kappa shape index (κ1) is 15.4. The highest BCUT2D eigenvalue weighted by atomic mass is 32.2. The lowest BCUT2D eigenvalue weighted by Gasteiger charge is -2.07. The molecule has 1 aromatic carbocycles. The highest BCUT2D eigenvalue weighted by Crippen LogP contribution is 2.27. The Bertz CT molecular complexity index is 339. The summed E-state index contributed by atoms with van der Waals surface area (Å²) in [5, 5.41) is 18.5. The Kier molecular flexibility index (Phi) is 7.94. The van der Waals surface area contributed by atoms with Crippen molar-refractivity contribution in [2.75, 3.05) is 12.4 Å². The molecule has 0 aliphatic rings. The second-order valence-electron chi connectivity index (χ2n) is 4.53. The fourth-order valence-corrected chi connectivity index (χ4v) is 2.80. The Morgan fingerprint density at radius 2 is 1.94 bits per heavy atom. The lowest BCUT2D eigenvalue weighted by molar-refractivity contribution is 0.287. The molecule has 102 valence electrons. The van der Waals surface area contributed by atoms with E-state index in [-0.39, 0.29) is 6.61 Å². The normalized spacial score (nSPS) is 10.8. The van der Waals surface area contributed by atoms with E-state index in [2.05, 4.69) is 13.0 Å². The van der Waals surface area contributed by atoms with Crippen molar-refractivity contribution in [2.45, 2.75) is 50.3 Å². The number of aliphatic hydroxyl groups excluding tert-OH is 1. The number of rotatable bonds is 9. The maximum Gasteiger partial charge on any atom is 0.118 e. The Labute approximate surface area is 114 Å². The van der Waals surface area contributed by atoms with E-state index in [4.69, 9.17) is 5.11 Å². The summed E-state index contributed by atoms with van der Waals surface area (Å²) in [4.78, 5) is 1.22. The average Bonchev–Trinajstić information content (AvgIpc) is 2.38. The predicted octanol–water partition coefficient (Wildman–Crippen LogP) is 3.99. The second kappa shape index (κ2) is 9.29. The summed E-state index contributed by atoms with van der Waals surface area (Å²) in [6, 6.07) is 5.88. The molecule has 0 fully saturated rings. The quantitative estimate of drug-likeness (QED) is 0.525. The maximum absolute atomic E-state index is 9.80. The van der Waals surface area contributed by atoms with Gasteiger partial charge in [0.1, 0.15) is 5.75 Å². The minimum Gasteiger partial charge on any atom is -0.508 e. The number of benzene rings is 1. The molecule has 18 heavy (non-hydrogen) atoms. The van der Waals surface area contributed by atoms with Crippen molar-refractivity contribution in [3.63, 3.8) is 0 Å². The number of aryl methyl sites for hydroxylation is 1. The van der Waals surface area contributed by atoms with Crippen LogP contribution in [0.1, 0.15) is 44.6 Å². The zero-order valence-electron chi connectivity index (χ0n) is 11.2. The Morgan fingerprint density at radius 3 is 2.67 bits per heavy atom. The standard InChI is InChI=1S/C15H24O2S/c1-2-3-4-7-13-12-14(8-9-15(13)17)18-11-6-5-10-16/h8-9,12,16-17H,2-7,10-11H2,1H3. The van der Waals surface area contributed by atoms with Crippen molar-refractivity contribution in [1.29, 1.82) is 0 Å². The molecule has 3 heteroatoms. The van der Waals surface area contributed by atoms with Gasteiger partial charge in [0.05, 0.1) is 0 Å². The molecule has 0 spiro atoms. The first-order valence-corrected chi connectivity index (χ1v) is 7.82. The van der Waals surface area contributed by atoms with Gasteiger partial charge >= 0.3 is 0 Å². The van der Waals surface area contributed by atoms with Gasteiger partial charge in [-0.15, -0.1) is 11.8 Å². The van der Waals surface area contributed by atoms with Crippen LogP contribution in [0.2, 0.25) is 0 Å². The number of phenolic OH excluding ortho intramolecular Hbond substituents is 1. The van der Waals surface area contributed by atoms with E-state index in [0.29, 0.717) is 5.75 Å². The molecule has 0 unspecified atom stereocenters. The van der Waals surface area contributed by atoms with Crippen molar-refractivity contribution in [3.8, 4) is 5.75 Å². The number of thioether (sulfide) groups is 1.